The fourth-order valence-electron chi connectivity index (χ4n) is 3.22. The zero-order chi connectivity index (χ0) is 18.4. The van der Waals surface area contributed by atoms with Gasteiger partial charge in [0.1, 0.15) is 6.61 Å². The van der Waals surface area contributed by atoms with Crippen molar-refractivity contribution in [3.8, 4) is 5.88 Å². The molecule has 0 saturated heterocycles. The number of pyridine rings is 1. The Morgan fingerprint density at radius 3 is 3.00 bits per heavy atom. The van der Waals surface area contributed by atoms with Gasteiger partial charge >= 0.3 is 0 Å². The second-order valence-electron chi connectivity index (χ2n) is 6.51. The summed E-state index contributed by atoms with van der Waals surface area (Å²) in [4.78, 5) is 16.1. The number of nitrogens with zero attached hydrogens (tertiary/aromatic N) is 3. The lowest BCUT2D eigenvalue weighted by Gasteiger charge is -2.16. The van der Waals surface area contributed by atoms with Crippen molar-refractivity contribution in [2.45, 2.75) is 38.1 Å². The van der Waals surface area contributed by atoms with E-state index in [1.54, 1.807) is 25.6 Å². The Bertz CT molecular complexity index is 690. The van der Waals surface area contributed by atoms with E-state index in [1.165, 1.54) is 0 Å². The molecule has 2 N–H and O–H groups in total. The summed E-state index contributed by atoms with van der Waals surface area (Å²) in [7, 11) is 1.56. The van der Waals surface area contributed by atoms with Gasteiger partial charge in [-0.25, -0.2) is 4.98 Å². The van der Waals surface area contributed by atoms with Gasteiger partial charge < -0.3 is 19.9 Å². The highest BCUT2D eigenvalue weighted by Crippen LogP contribution is 2.27. The fourth-order valence-corrected chi connectivity index (χ4v) is 3.22. The summed E-state index contributed by atoms with van der Waals surface area (Å²) in [6.45, 7) is 0.982. The van der Waals surface area contributed by atoms with E-state index in [4.69, 9.17) is 9.47 Å². The highest BCUT2D eigenvalue weighted by Gasteiger charge is 2.34. The molecule has 0 radical (unpaired) electrons. The van der Waals surface area contributed by atoms with Crippen LogP contribution in [0.15, 0.2) is 36.8 Å². The summed E-state index contributed by atoms with van der Waals surface area (Å²) in [5, 5.41) is 17.2. The molecule has 0 bridgehead atoms. The molecule has 1 aliphatic rings. The maximum atomic E-state index is 12.1. The van der Waals surface area contributed by atoms with Gasteiger partial charge in [0.2, 0.25) is 11.8 Å². The van der Waals surface area contributed by atoms with E-state index < -0.39 is 6.10 Å². The van der Waals surface area contributed by atoms with E-state index in [1.807, 2.05) is 23.0 Å². The third-order valence-corrected chi connectivity index (χ3v) is 4.49. The molecule has 8 heteroatoms. The Kier molecular flexibility index (Phi) is 6.19. The number of nitrogens with one attached hydrogen (secondary N) is 1. The highest BCUT2D eigenvalue weighted by molar-refractivity contribution is 5.77. The van der Waals surface area contributed by atoms with Crippen LogP contribution in [0.4, 0.5) is 0 Å². The van der Waals surface area contributed by atoms with Gasteiger partial charge in [-0.1, -0.05) is 0 Å². The van der Waals surface area contributed by atoms with Gasteiger partial charge in [-0.05, 0) is 36.5 Å². The molecule has 2 aromatic rings. The SMILES string of the molecule is COc1ccc(COCC(=O)N[C@@H]2CC(Cn3cccn3)C[C@H]2O)cn1. The molecule has 2 aromatic heterocycles. The number of methoxy groups -OCH3 is 1. The van der Waals surface area contributed by atoms with E-state index in [9.17, 15) is 9.90 Å². The molecule has 1 saturated carbocycles. The number of carbonyl (C=O) groups is 1. The molecule has 3 atom stereocenters. The molecule has 1 aliphatic carbocycles. The molecular formula is C18H24N4O4. The summed E-state index contributed by atoms with van der Waals surface area (Å²) in [5.41, 5.74) is 0.860. The molecule has 8 nitrogen and oxygen atoms in total. The van der Waals surface area contributed by atoms with Crippen LogP contribution in [-0.4, -0.2) is 51.6 Å². The molecule has 140 valence electrons. The molecule has 3 rings (SSSR count). The van der Waals surface area contributed by atoms with Crippen LogP contribution in [0.2, 0.25) is 0 Å². The number of aliphatic hydroxyl groups is 1. The van der Waals surface area contributed by atoms with Crippen LogP contribution in [0.25, 0.3) is 0 Å². The summed E-state index contributed by atoms with van der Waals surface area (Å²) in [5.74, 6) is 0.600. The standard InChI is InChI=1S/C18H24N4O4/c1-25-18-4-3-13(9-19-18)11-26-12-17(24)21-15-7-14(8-16(15)23)10-22-6-2-5-20-22/h2-6,9,14-16,23H,7-8,10-12H2,1H3,(H,21,24)/t14?,15-,16-/m1/s1. The Hall–Kier alpha value is -2.45. The van der Waals surface area contributed by atoms with Crippen molar-refractivity contribution in [3.63, 3.8) is 0 Å². The molecule has 0 spiro atoms. The molecule has 1 fully saturated rings. The van der Waals surface area contributed by atoms with Gasteiger partial charge in [0.15, 0.2) is 0 Å². The Labute approximate surface area is 152 Å². The van der Waals surface area contributed by atoms with Crippen molar-refractivity contribution in [1.82, 2.24) is 20.1 Å². The number of rotatable bonds is 8. The van der Waals surface area contributed by atoms with Crippen molar-refractivity contribution >= 4 is 5.91 Å². The predicted octanol–water partition coefficient (Wildman–Crippen LogP) is 0.759. The Balaban J connectivity index is 1.38. The second kappa shape index (κ2) is 8.77. The molecule has 1 unspecified atom stereocenters. The lowest BCUT2D eigenvalue weighted by atomic mass is 10.1. The first-order valence-electron chi connectivity index (χ1n) is 8.65. The minimum absolute atomic E-state index is 0.0565. The first kappa shape index (κ1) is 18.3. The van der Waals surface area contributed by atoms with Crippen molar-refractivity contribution in [2.75, 3.05) is 13.7 Å². The number of aliphatic hydroxyl groups excluding tert-OH is 1. The Morgan fingerprint density at radius 1 is 1.42 bits per heavy atom. The van der Waals surface area contributed by atoms with Crippen LogP contribution in [0.5, 0.6) is 5.88 Å². The summed E-state index contributed by atoms with van der Waals surface area (Å²) < 4.78 is 12.3. The Morgan fingerprint density at radius 2 is 2.31 bits per heavy atom. The minimum Gasteiger partial charge on any atom is -0.481 e. The van der Waals surface area contributed by atoms with Crippen molar-refractivity contribution in [2.24, 2.45) is 5.92 Å². The van der Waals surface area contributed by atoms with Gasteiger partial charge in [-0.3, -0.25) is 9.48 Å². The smallest absolute Gasteiger partial charge is 0.246 e. The molecule has 2 heterocycles. The van der Waals surface area contributed by atoms with Crippen LogP contribution in [0.3, 0.4) is 0 Å². The molecule has 0 aliphatic heterocycles. The molecule has 0 aromatic carbocycles. The van der Waals surface area contributed by atoms with Crippen molar-refractivity contribution in [3.05, 3.63) is 42.4 Å². The first-order valence-corrected chi connectivity index (χ1v) is 8.65. The molecular weight excluding hydrogens is 336 g/mol. The van der Waals surface area contributed by atoms with Crippen molar-refractivity contribution in [1.29, 1.82) is 0 Å². The van der Waals surface area contributed by atoms with Crippen LogP contribution in [0, 0.1) is 5.92 Å². The van der Waals surface area contributed by atoms with Gasteiger partial charge in [0.25, 0.3) is 0 Å². The maximum Gasteiger partial charge on any atom is 0.246 e. The predicted molar refractivity (Wildman–Crippen MR) is 93.3 cm³/mol. The second-order valence-corrected chi connectivity index (χ2v) is 6.51. The molecule has 26 heavy (non-hydrogen) atoms. The van der Waals surface area contributed by atoms with Crippen LogP contribution in [0.1, 0.15) is 18.4 Å². The number of aromatic nitrogens is 3. The number of ether oxygens (including phenoxy) is 2. The first-order chi connectivity index (χ1) is 12.6. The topological polar surface area (TPSA) is 98.5 Å². The van der Waals surface area contributed by atoms with Gasteiger partial charge in [-0.2, -0.15) is 5.10 Å². The zero-order valence-corrected chi connectivity index (χ0v) is 14.7. The average Bonchev–Trinajstić information content (AvgIpc) is 3.26. The van der Waals surface area contributed by atoms with Crippen LogP contribution < -0.4 is 10.1 Å². The van der Waals surface area contributed by atoms with E-state index in [-0.39, 0.29) is 18.6 Å². The highest BCUT2D eigenvalue weighted by atomic mass is 16.5. The third kappa shape index (κ3) is 5.03. The monoisotopic (exact) mass is 360 g/mol. The minimum atomic E-state index is -0.537. The van der Waals surface area contributed by atoms with Gasteiger partial charge in [0.05, 0.1) is 25.9 Å². The van der Waals surface area contributed by atoms with Gasteiger partial charge in [-0.15, -0.1) is 0 Å². The largest absolute Gasteiger partial charge is 0.481 e. The van der Waals surface area contributed by atoms with E-state index in [0.717, 1.165) is 18.5 Å². The summed E-state index contributed by atoms with van der Waals surface area (Å²) in [6, 6.07) is 5.22. The summed E-state index contributed by atoms with van der Waals surface area (Å²) >= 11 is 0. The molecule has 1 amide bonds. The number of hydrogen-bond acceptors (Lipinski definition) is 6. The lowest BCUT2D eigenvalue weighted by Crippen LogP contribution is -2.41. The fraction of sp³-hybridized carbons (Fsp3) is 0.500. The summed E-state index contributed by atoms with van der Waals surface area (Å²) in [6.07, 6.45) is 6.14. The quantitative estimate of drug-likeness (QED) is 0.721. The van der Waals surface area contributed by atoms with Crippen LogP contribution in [-0.2, 0) is 22.7 Å². The number of amides is 1. The number of hydrogen-bond donors (Lipinski definition) is 2. The normalized spacial score (nSPS) is 22.3. The third-order valence-electron chi connectivity index (χ3n) is 4.49. The van der Waals surface area contributed by atoms with E-state index in [2.05, 4.69) is 15.4 Å². The van der Waals surface area contributed by atoms with E-state index >= 15 is 0 Å². The maximum absolute atomic E-state index is 12.1. The van der Waals surface area contributed by atoms with Crippen LogP contribution >= 0.6 is 0 Å². The van der Waals surface area contributed by atoms with Crippen molar-refractivity contribution < 1.29 is 19.4 Å². The van der Waals surface area contributed by atoms with Gasteiger partial charge in [0, 0.05) is 31.2 Å². The number of carbonyl (C=O) groups excluding carboxylic acids is 1. The zero-order valence-electron chi connectivity index (χ0n) is 14.7. The van der Waals surface area contributed by atoms with E-state index in [0.29, 0.717) is 24.8 Å². The lowest BCUT2D eigenvalue weighted by molar-refractivity contribution is -0.127. The average molecular weight is 360 g/mol.